The molecule has 94 valence electrons. The van der Waals surface area contributed by atoms with Crippen molar-refractivity contribution in [3.63, 3.8) is 0 Å². The number of aryl methyl sites for hydroxylation is 1. The third-order valence-electron chi connectivity index (χ3n) is 3.02. The van der Waals surface area contributed by atoms with Crippen LogP contribution < -0.4 is 5.32 Å². The molecule has 1 aliphatic rings. The van der Waals surface area contributed by atoms with Crippen LogP contribution in [0.1, 0.15) is 30.7 Å². The molecule has 0 spiro atoms. The molecule has 0 atom stereocenters. The molecule has 1 aromatic rings. The first kappa shape index (κ1) is 12.0. The van der Waals surface area contributed by atoms with Crippen LogP contribution in [0.15, 0.2) is 4.63 Å². The smallest absolute Gasteiger partial charge is 0.236 e. The highest BCUT2D eigenvalue weighted by atomic mass is 16.6. The van der Waals surface area contributed by atoms with E-state index in [9.17, 15) is 4.79 Å². The van der Waals surface area contributed by atoms with E-state index >= 15 is 0 Å². The van der Waals surface area contributed by atoms with E-state index in [0.29, 0.717) is 13.1 Å². The second-order valence-electron chi connectivity index (χ2n) is 4.34. The highest BCUT2D eigenvalue weighted by Crippen LogP contribution is 2.08. The van der Waals surface area contributed by atoms with Gasteiger partial charge in [-0.25, -0.2) is 4.63 Å². The van der Waals surface area contributed by atoms with E-state index in [1.807, 2.05) is 11.8 Å². The Morgan fingerprint density at radius 3 is 2.76 bits per heavy atom. The molecule has 0 saturated carbocycles. The summed E-state index contributed by atoms with van der Waals surface area (Å²) in [5, 5.41) is 10.5. The maximum Gasteiger partial charge on any atom is 0.236 e. The zero-order chi connectivity index (χ0) is 12.1. The summed E-state index contributed by atoms with van der Waals surface area (Å²) < 4.78 is 4.58. The van der Waals surface area contributed by atoms with Gasteiger partial charge in [-0.3, -0.25) is 4.79 Å². The molecule has 1 fully saturated rings. The minimum atomic E-state index is 0.166. The number of likely N-dealkylation sites (tertiary alicyclic amines) is 1. The van der Waals surface area contributed by atoms with Gasteiger partial charge < -0.3 is 10.2 Å². The molecular formula is C11H18N4O2. The van der Waals surface area contributed by atoms with Crippen LogP contribution in [-0.2, 0) is 11.3 Å². The lowest BCUT2D eigenvalue weighted by Gasteiger charge is -2.26. The topological polar surface area (TPSA) is 71.3 Å². The average Bonchev–Trinajstić information content (AvgIpc) is 2.76. The molecule has 17 heavy (non-hydrogen) atoms. The van der Waals surface area contributed by atoms with Crippen molar-refractivity contribution < 1.29 is 9.42 Å². The lowest BCUT2D eigenvalue weighted by Crippen LogP contribution is -2.41. The van der Waals surface area contributed by atoms with Gasteiger partial charge in [-0.1, -0.05) is 10.3 Å². The molecule has 1 aliphatic heterocycles. The minimum Gasteiger partial charge on any atom is -0.342 e. The summed E-state index contributed by atoms with van der Waals surface area (Å²) in [7, 11) is 0. The number of hydrogen-bond acceptors (Lipinski definition) is 5. The number of rotatable bonds is 4. The van der Waals surface area contributed by atoms with Crippen LogP contribution in [-0.4, -0.2) is 40.8 Å². The Morgan fingerprint density at radius 2 is 2.12 bits per heavy atom. The molecule has 0 aliphatic carbocycles. The van der Waals surface area contributed by atoms with Crippen LogP contribution >= 0.6 is 0 Å². The van der Waals surface area contributed by atoms with Crippen LogP contribution in [0, 0.1) is 6.92 Å². The predicted molar refractivity (Wildman–Crippen MR) is 61.2 cm³/mol. The Labute approximate surface area is 100 Å². The van der Waals surface area contributed by atoms with Gasteiger partial charge in [0, 0.05) is 19.6 Å². The molecule has 2 heterocycles. The molecule has 0 bridgehead atoms. The molecule has 1 N–H and O–H groups in total. The molecule has 1 amide bonds. The van der Waals surface area contributed by atoms with Crippen LogP contribution in [0.3, 0.4) is 0 Å². The number of hydrogen-bond donors (Lipinski definition) is 1. The van der Waals surface area contributed by atoms with Gasteiger partial charge >= 0.3 is 0 Å². The fraction of sp³-hybridized carbons (Fsp3) is 0.727. The molecule has 2 rings (SSSR count). The van der Waals surface area contributed by atoms with Gasteiger partial charge in [0.05, 0.1) is 6.54 Å². The molecule has 0 radical (unpaired) electrons. The quantitative estimate of drug-likeness (QED) is 0.826. The van der Waals surface area contributed by atoms with Crippen LogP contribution in [0.5, 0.6) is 0 Å². The molecule has 6 nitrogen and oxygen atoms in total. The van der Waals surface area contributed by atoms with Crippen molar-refractivity contribution in [3.8, 4) is 0 Å². The van der Waals surface area contributed by atoms with Crippen molar-refractivity contribution in [3.05, 3.63) is 11.4 Å². The van der Waals surface area contributed by atoms with Gasteiger partial charge in [0.1, 0.15) is 11.4 Å². The van der Waals surface area contributed by atoms with Crippen LogP contribution in [0.2, 0.25) is 0 Å². The number of carbonyl (C=O) groups excluding carboxylic acids is 1. The Balaban J connectivity index is 1.71. The van der Waals surface area contributed by atoms with E-state index in [2.05, 4.69) is 20.3 Å². The lowest BCUT2D eigenvalue weighted by atomic mass is 10.1. The van der Waals surface area contributed by atoms with Crippen molar-refractivity contribution in [2.24, 2.45) is 0 Å². The van der Waals surface area contributed by atoms with E-state index in [1.54, 1.807) is 0 Å². The average molecular weight is 238 g/mol. The highest BCUT2D eigenvalue weighted by molar-refractivity contribution is 5.78. The Kier molecular flexibility index (Phi) is 4.08. The first-order valence-electron chi connectivity index (χ1n) is 6.04. The van der Waals surface area contributed by atoms with Gasteiger partial charge in [-0.2, -0.15) is 0 Å². The third-order valence-corrected chi connectivity index (χ3v) is 3.02. The number of aromatic nitrogens is 2. The number of piperidine rings is 1. The van der Waals surface area contributed by atoms with E-state index in [4.69, 9.17) is 0 Å². The largest absolute Gasteiger partial charge is 0.342 e. The first-order valence-corrected chi connectivity index (χ1v) is 6.04. The van der Waals surface area contributed by atoms with Gasteiger partial charge in [-0.15, -0.1) is 0 Å². The van der Waals surface area contributed by atoms with Gasteiger partial charge in [0.25, 0.3) is 0 Å². The molecule has 1 saturated heterocycles. The van der Waals surface area contributed by atoms with Gasteiger partial charge in [-0.05, 0) is 26.2 Å². The van der Waals surface area contributed by atoms with E-state index < -0.39 is 0 Å². The third kappa shape index (κ3) is 3.26. The van der Waals surface area contributed by atoms with Crippen molar-refractivity contribution in [2.75, 3.05) is 19.6 Å². The first-order chi connectivity index (χ1) is 8.27. The second-order valence-corrected chi connectivity index (χ2v) is 4.34. The van der Waals surface area contributed by atoms with E-state index in [-0.39, 0.29) is 5.91 Å². The Hall–Kier alpha value is -1.43. The summed E-state index contributed by atoms with van der Waals surface area (Å²) in [6.45, 7) is 4.50. The summed E-state index contributed by atoms with van der Waals surface area (Å²) in [6, 6.07) is 0. The fourth-order valence-corrected chi connectivity index (χ4v) is 1.95. The SMILES string of the molecule is Cc1nonc1CNCC(=O)N1CCCCC1. The zero-order valence-electron chi connectivity index (χ0n) is 10.1. The summed E-state index contributed by atoms with van der Waals surface area (Å²) in [6.07, 6.45) is 3.48. The van der Waals surface area contributed by atoms with E-state index in [1.165, 1.54) is 6.42 Å². The molecular weight excluding hydrogens is 220 g/mol. The highest BCUT2D eigenvalue weighted by Gasteiger charge is 2.16. The zero-order valence-corrected chi connectivity index (χ0v) is 10.1. The monoisotopic (exact) mass is 238 g/mol. The summed E-state index contributed by atoms with van der Waals surface area (Å²) >= 11 is 0. The van der Waals surface area contributed by atoms with Crippen molar-refractivity contribution in [2.45, 2.75) is 32.7 Å². The van der Waals surface area contributed by atoms with Crippen molar-refractivity contribution >= 4 is 5.91 Å². The maximum absolute atomic E-state index is 11.8. The van der Waals surface area contributed by atoms with Crippen LogP contribution in [0.25, 0.3) is 0 Å². The van der Waals surface area contributed by atoms with E-state index in [0.717, 1.165) is 37.3 Å². The Bertz CT molecular complexity index is 371. The number of carbonyl (C=O) groups is 1. The van der Waals surface area contributed by atoms with Gasteiger partial charge in [0.15, 0.2) is 0 Å². The number of nitrogens with zero attached hydrogens (tertiary/aromatic N) is 3. The van der Waals surface area contributed by atoms with Crippen molar-refractivity contribution in [1.29, 1.82) is 0 Å². The van der Waals surface area contributed by atoms with Gasteiger partial charge in [0.2, 0.25) is 5.91 Å². The fourth-order valence-electron chi connectivity index (χ4n) is 1.95. The summed E-state index contributed by atoms with van der Waals surface area (Å²) in [5.74, 6) is 0.166. The predicted octanol–water partition coefficient (Wildman–Crippen LogP) is 0.480. The summed E-state index contributed by atoms with van der Waals surface area (Å²) in [4.78, 5) is 13.7. The second kappa shape index (κ2) is 5.77. The minimum absolute atomic E-state index is 0.166. The molecule has 0 unspecified atom stereocenters. The Morgan fingerprint density at radius 1 is 1.35 bits per heavy atom. The lowest BCUT2D eigenvalue weighted by molar-refractivity contribution is -0.131. The maximum atomic E-state index is 11.8. The molecule has 6 heteroatoms. The summed E-state index contributed by atoms with van der Waals surface area (Å²) in [5.41, 5.74) is 1.53. The normalized spacial score (nSPS) is 16.2. The molecule has 1 aromatic heterocycles. The number of nitrogens with one attached hydrogen (secondary N) is 1. The van der Waals surface area contributed by atoms with Crippen LogP contribution in [0.4, 0.5) is 0 Å². The number of amides is 1. The molecule has 0 aromatic carbocycles. The standard InChI is InChI=1S/C11H18N4O2/c1-9-10(14-17-13-9)7-12-8-11(16)15-5-3-2-4-6-15/h12H,2-8H2,1H3. The van der Waals surface area contributed by atoms with Crippen molar-refractivity contribution in [1.82, 2.24) is 20.5 Å².